The van der Waals surface area contributed by atoms with Crippen LogP contribution in [0.25, 0.3) is 0 Å². The minimum absolute atomic E-state index is 0.269. The number of hydrogen-bond acceptors (Lipinski definition) is 2. The SMILES string of the molecule is CCc1cccc(Oc2ccc(Cl)c(CCl)n2)c1. The highest BCUT2D eigenvalue weighted by atomic mass is 35.5. The largest absolute Gasteiger partial charge is 0.439 e. The molecule has 0 aliphatic heterocycles. The molecule has 0 amide bonds. The molecule has 94 valence electrons. The molecule has 2 nitrogen and oxygen atoms in total. The van der Waals surface area contributed by atoms with E-state index in [0.29, 0.717) is 16.6 Å². The highest BCUT2D eigenvalue weighted by molar-refractivity contribution is 6.32. The number of hydrogen-bond donors (Lipinski definition) is 0. The average molecular weight is 282 g/mol. The van der Waals surface area contributed by atoms with Crippen LogP contribution in [0.4, 0.5) is 0 Å². The maximum atomic E-state index is 5.94. The maximum Gasteiger partial charge on any atom is 0.219 e. The first kappa shape index (κ1) is 13.2. The van der Waals surface area contributed by atoms with Crippen molar-refractivity contribution in [3.05, 3.63) is 52.7 Å². The van der Waals surface area contributed by atoms with Crippen molar-refractivity contribution in [3.63, 3.8) is 0 Å². The molecule has 0 radical (unpaired) electrons. The Morgan fingerprint density at radius 1 is 1.22 bits per heavy atom. The van der Waals surface area contributed by atoms with E-state index in [-0.39, 0.29) is 5.88 Å². The molecule has 0 aliphatic carbocycles. The van der Waals surface area contributed by atoms with Crippen LogP contribution in [-0.4, -0.2) is 4.98 Å². The van der Waals surface area contributed by atoms with Gasteiger partial charge in [-0.25, -0.2) is 4.98 Å². The molecule has 18 heavy (non-hydrogen) atoms. The monoisotopic (exact) mass is 281 g/mol. The molecule has 2 rings (SSSR count). The van der Waals surface area contributed by atoms with Gasteiger partial charge in [-0.3, -0.25) is 0 Å². The van der Waals surface area contributed by atoms with Gasteiger partial charge in [0.1, 0.15) is 5.75 Å². The van der Waals surface area contributed by atoms with Crippen molar-refractivity contribution in [1.29, 1.82) is 0 Å². The lowest BCUT2D eigenvalue weighted by Crippen LogP contribution is -1.93. The van der Waals surface area contributed by atoms with Gasteiger partial charge in [0, 0.05) is 6.07 Å². The van der Waals surface area contributed by atoms with Crippen molar-refractivity contribution >= 4 is 23.2 Å². The third-order valence-electron chi connectivity index (χ3n) is 2.55. The predicted molar refractivity (Wildman–Crippen MR) is 74.7 cm³/mol. The van der Waals surface area contributed by atoms with Crippen LogP contribution in [0.5, 0.6) is 11.6 Å². The summed E-state index contributed by atoms with van der Waals surface area (Å²) in [7, 11) is 0. The average Bonchev–Trinajstić information content (AvgIpc) is 2.41. The third-order valence-corrected chi connectivity index (χ3v) is 3.15. The molecule has 0 unspecified atom stereocenters. The number of alkyl halides is 1. The number of nitrogens with zero attached hydrogens (tertiary/aromatic N) is 1. The molecule has 0 bridgehead atoms. The maximum absolute atomic E-state index is 5.94. The number of aromatic nitrogens is 1. The second kappa shape index (κ2) is 6.07. The van der Waals surface area contributed by atoms with Gasteiger partial charge in [-0.05, 0) is 30.2 Å². The molecule has 0 fully saturated rings. The van der Waals surface area contributed by atoms with Gasteiger partial charge in [0.25, 0.3) is 0 Å². The molecule has 4 heteroatoms. The van der Waals surface area contributed by atoms with Gasteiger partial charge in [0.15, 0.2) is 0 Å². The van der Waals surface area contributed by atoms with E-state index in [1.165, 1.54) is 5.56 Å². The molecule has 0 N–H and O–H groups in total. The molecule has 0 saturated heterocycles. The summed E-state index contributed by atoms with van der Waals surface area (Å²) in [5.41, 5.74) is 1.85. The van der Waals surface area contributed by atoms with E-state index in [2.05, 4.69) is 18.0 Å². The molecule has 0 saturated carbocycles. The predicted octanol–water partition coefficient (Wildman–Crippen LogP) is 4.83. The topological polar surface area (TPSA) is 22.1 Å². The highest BCUT2D eigenvalue weighted by Gasteiger charge is 2.05. The van der Waals surface area contributed by atoms with Gasteiger partial charge in [0.2, 0.25) is 5.88 Å². The Labute approximate surface area is 117 Å². The summed E-state index contributed by atoms with van der Waals surface area (Å²) in [6.45, 7) is 2.10. The number of rotatable bonds is 4. The lowest BCUT2D eigenvalue weighted by Gasteiger charge is -2.07. The van der Waals surface area contributed by atoms with Crippen LogP contribution in [-0.2, 0) is 12.3 Å². The van der Waals surface area contributed by atoms with Crippen molar-refractivity contribution in [2.45, 2.75) is 19.2 Å². The zero-order valence-corrected chi connectivity index (χ0v) is 11.5. The summed E-state index contributed by atoms with van der Waals surface area (Å²) >= 11 is 11.7. The molecule has 0 atom stereocenters. The van der Waals surface area contributed by atoms with E-state index in [1.54, 1.807) is 12.1 Å². The zero-order valence-electron chi connectivity index (χ0n) is 9.99. The van der Waals surface area contributed by atoms with Crippen molar-refractivity contribution in [1.82, 2.24) is 4.98 Å². The van der Waals surface area contributed by atoms with E-state index in [9.17, 15) is 0 Å². The standard InChI is InChI=1S/C14H13Cl2NO/c1-2-10-4-3-5-11(8-10)18-14-7-6-12(16)13(9-15)17-14/h3-8H,2,9H2,1H3. The third kappa shape index (κ3) is 3.15. The number of halogens is 2. The van der Waals surface area contributed by atoms with E-state index in [1.807, 2.05) is 18.2 Å². The van der Waals surface area contributed by atoms with E-state index in [0.717, 1.165) is 12.2 Å². The van der Waals surface area contributed by atoms with Crippen molar-refractivity contribution < 1.29 is 4.74 Å². The van der Waals surface area contributed by atoms with Crippen LogP contribution in [0.3, 0.4) is 0 Å². The Morgan fingerprint density at radius 3 is 2.78 bits per heavy atom. The van der Waals surface area contributed by atoms with Crippen LogP contribution in [0.15, 0.2) is 36.4 Å². The van der Waals surface area contributed by atoms with E-state index in [4.69, 9.17) is 27.9 Å². The molecule has 1 aromatic heterocycles. The normalized spacial score (nSPS) is 10.4. The fourth-order valence-corrected chi connectivity index (χ4v) is 2.01. The Morgan fingerprint density at radius 2 is 2.06 bits per heavy atom. The summed E-state index contributed by atoms with van der Waals surface area (Å²) in [6.07, 6.45) is 0.970. The first-order valence-electron chi connectivity index (χ1n) is 5.71. The first-order valence-corrected chi connectivity index (χ1v) is 6.62. The van der Waals surface area contributed by atoms with Crippen LogP contribution >= 0.6 is 23.2 Å². The Balaban J connectivity index is 2.22. The summed E-state index contributed by atoms with van der Waals surface area (Å²) in [6, 6.07) is 11.4. The van der Waals surface area contributed by atoms with Gasteiger partial charge in [0.05, 0.1) is 16.6 Å². The van der Waals surface area contributed by atoms with E-state index >= 15 is 0 Å². The summed E-state index contributed by atoms with van der Waals surface area (Å²) in [5, 5.41) is 0.555. The molecule has 1 heterocycles. The second-order valence-corrected chi connectivity index (χ2v) is 4.49. The van der Waals surface area contributed by atoms with Gasteiger partial charge < -0.3 is 4.74 Å². The van der Waals surface area contributed by atoms with Crippen LogP contribution in [0.1, 0.15) is 18.2 Å². The number of pyridine rings is 1. The van der Waals surface area contributed by atoms with Crippen molar-refractivity contribution in [3.8, 4) is 11.6 Å². The van der Waals surface area contributed by atoms with E-state index < -0.39 is 0 Å². The minimum atomic E-state index is 0.269. The number of benzene rings is 1. The lowest BCUT2D eigenvalue weighted by atomic mass is 10.2. The fourth-order valence-electron chi connectivity index (χ4n) is 1.56. The molecular weight excluding hydrogens is 269 g/mol. The second-order valence-electron chi connectivity index (χ2n) is 3.81. The zero-order chi connectivity index (χ0) is 13.0. The fraction of sp³-hybridized carbons (Fsp3) is 0.214. The Bertz CT molecular complexity index is 543. The van der Waals surface area contributed by atoms with Gasteiger partial charge >= 0.3 is 0 Å². The Kier molecular flexibility index (Phi) is 4.45. The van der Waals surface area contributed by atoms with Gasteiger partial charge in [-0.15, -0.1) is 11.6 Å². The van der Waals surface area contributed by atoms with Crippen molar-refractivity contribution in [2.75, 3.05) is 0 Å². The minimum Gasteiger partial charge on any atom is -0.439 e. The van der Waals surface area contributed by atoms with Gasteiger partial charge in [-0.2, -0.15) is 0 Å². The van der Waals surface area contributed by atoms with Gasteiger partial charge in [-0.1, -0.05) is 30.7 Å². The van der Waals surface area contributed by atoms with Crippen LogP contribution in [0.2, 0.25) is 5.02 Å². The highest BCUT2D eigenvalue weighted by Crippen LogP contribution is 2.24. The molecule has 2 aromatic rings. The lowest BCUT2D eigenvalue weighted by molar-refractivity contribution is 0.461. The van der Waals surface area contributed by atoms with Crippen LogP contribution < -0.4 is 4.74 Å². The molecule has 0 aliphatic rings. The molecule has 0 spiro atoms. The first-order chi connectivity index (χ1) is 8.72. The molecular formula is C14H13Cl2NO. The summed E-state index contributed by atoms with van der Waals surface area (Å²) < 4.78 is 5.69. The smallest absolute Gasteiger partial charge is 0.219 e. The molecule has 1 aromatic carbocycles. The number of ether oxygens (including phenoxy) is 1. The Hall–Kier alpha value is -1.25. The number of aryl methyl sites for hydroxylation is 1. The quantitative estimate of drug-likeness (QED) is 0.749. The van der Waals surface area contributed by atoms with Crippen LogP contribution in [0, 0.1) is 0 Å². The summed E-state index contributed by atoms with van der Waals surface area (Å²) in [5.74, 6) is 1.54. The van der Waals surface area contributed by atoms with Crippen molar-refractivity contribution in [2.24, 2.45) is 0 Å². The summed E-state index contributed by atoms with van der Waals surface area (Å²) in [4.78, 5) is 4.26.